The molecule has 3 amide bonds. The molecule has 6 rings (SSSR count). The van der Waals surface area contributed by atoms with Crippen molar-refractivity contribution in [2.24, 2.45) is 5.92 Å². The summed E-state index contributed by atoms with van der Waals surface area (Å²) in [5.74, 6) is 0.344. The molecule has 0 unspecified atom stereocenters. The van der Waals surface area contributed by atoms with Gasteiger partial charge in [0.15, 0.2) is 4.96 Å². The maximum absolute atomic E-state index is 12.9. The Hall–Kier alpha value is -3.72. The van der Waals surface area contributed by atoms with Gasteiger partial charge in [0.2, 0.25) is 5.91 Å². The van der Waals surface area contributed by atoms with Crippen molar-refractivity contribution >= 4 is 44.2 Å². The van der Waals surface area contributed by atoms with Crippen molar-refractivity contribution in [1.82, 2.24) is 24.9 Å². The van der Waals surface area contributed by atoms with E-state index in [1.54, 1.807) is 30.5 Å². The molecule has 36 heavy (non-hydrogen) atoms. The summed E-state index contributed by atoms with van der Waals surface area (Å²) in [5, 5.41) is 5.78. The molecule has 2 N–H and O–H groups in total. The second-order valence-corrected chi connectivity index (χ2v) is 10.6. The van der Waals surface area contributed by atoms with E-state index in [0.29, 0.717) is 11.1 Å². The average molecular weight is 502 g/mol. The van der Waals surface area contributed by atoms with Crippen LogP contribution in [0.15, 0.2) is 48.7 Å². The van der Waals surface area contributed by atoms with Gasteiger partial charge in [-0.05, 0) is 56.0 Å². The number of fused-ring (bicyclic) bond motifs is 3. The molecule has 1 saturated carbocycles. The summed E-state index contributed by atoms with van der Waals surface area (Å²) >= 11 is 1.54. The number of amides is 3. The Labute approximate surface area is 212 Å². The van der Waals surface area contributed by atoms with Crippen molar-refractivity contribution < 1.29 is 14.4 Å². The molecule has 1 aliphatic carbocycles. The minimum absolute atomic E-state index is 0.0770. The van der Waals surface area contributed by atoms with Crippen molar-refractivity contribution in [3.05, 3.63) is 59.8 Å². The first-order chi connectivity index (χ1) is 17.5. The number of aromatic nitrogens is 2. The van der Waals surface area contributed by atoms with Crippen LogP contribution in [0.3, 0.4) is 0 Å². The SMILES string of the molecule is CNC(=O)c1ccc(-c2cn3c(n2)sc2cc(C(=O)NC4CCN(C(=O)C5CC5)CC4)ccc23)cc1. The molecule has 1 aliphatic heterocycles. The van der Waals surface area contributed by atoms with Crippen molar-refractivity contribution in [2.45, 2.75) is 31.7 Å². The van der Waals surface area contributed by atoms with Crippen molar-refractivity contribution in [3.63, 3.8) is 0 Å². The number of piperidine rings is 1. The zero-order valence-corrected chi connectivity index (χ0v) is 20.8. The van der Waals surface area contributed by atoms with Gasteiger partial charge in [-0.3, -0.25) is 18.8 Å². The van der Waals surface area contributed by atoms with Gasteiger partial charge in [0.1, 0.15) is 0 Å². The van der Waals surface area contributed by atoms with Crippen LogP contribution < -0.4 is 10.6 Å². The Morgan fingerprint density at radius 3 is 2.36 bits per heavy atom. The Balaban J connectivity index is 1.15. The third-order valence-corrected chi connectivity index (χ3v) is 8.11. The zero-order valence-electron chi connectivity index (χ0n) is 20.0. The normalized spacial score (nSPS) is 16.4. The van der Waals surface area contributed by atoms with Gasteiger partial charge in [-0.2, -0.15) is 0 Å². The minimum atomic E-state index is -0.118. The average Bonchev–Trinajstić information content (AvgIpc) is 3.59. The number of rotatable bonds is 5. The smallest absolute Gasteiger partial charge is 0.251 e. The molecule has 2 aromatic carbocycles. The highest BCUT2D eigenvalue weighted by Gasteiger charge is 2.35. The molecule has 2 fully saturated rings. The molecular formula is C27H27N5O3S. The van der Waals surface area contributed by atoms with Crippen LogP contribution in [-0.2, 0) is 4.79 Å². The van der Waals surface area contributed by atoms with Gasteiger partial charge in [-0.1, -0.05) is 23.5 Å². The van der Waals surface area contributed by atoms with Crippen LogP contribution in [0.4, 0.5) is 0 Å². The highest BCUT2D eigenvalue weighted by Crippen LogP contribution is 2.32. The summed E-state index contributed by atoms with van der Waals surface area (Å²) in [6.45, 7) is 1.44. The molecule has 0 atom stereocenters. The lowest BCUT2D eigenvalue weighted by Crippen LogP contribution is -2.47. The quantitative estimate of drug-likeness (QED) is 0.436. The Morgan fingerprint density at radius 1 is 0.944 bits per heavy atom. The summed E-state index contributed by atoms with van der Waals surface area (Å²) in [7, 11) is 1.61. The Bertz CT molecular complexity index is 1480. The summed E-state index contributed by atoms with van der Waals surface area (Å²) in [4.78, 5) is 44.6. The fourth-order valence-corrected chi connectivity index (χ4v) is 5.87. The highest BCUT2D eigenvalue weighted by atomic mass is 32.1. The molecule has 4 aromatic rings. The van der Waals surface area contributed by atoms with Crippen LogP contribution in [0.1, 0.15) is 46.4 Å². The maximum Gasteiger partial charge on any atom is 0.251 e. The lowest BCUT2D eigenvalue weighted by Gasteiger charge is -2.32. The lowest BCUT2D eigenvalue weighted by atomic mass is 10.0. The number of carbonyl (C=O) groups is 3. The van der Waals surface area contributed by atoms with Crippen LogP contribution in [0.2, 0.25) is 0 Å². The molecule has 3 heterocycles. The van der Waals surface area contributed by atoms with E-state index in [-0.39, 0.29) is 29.7 Å². The molecule has 2 aromatic heterocycles. The van der Waals surface area contributed by atoms with Crippen LogP contribution in [0.25, 0.3) is 26.4 Å². The predicted molar refractivity (Wildman–Crippen MR) is 139 cm³/mol. The standard InChI is InChI=1S/C27H27N5O3S/c1-28-24(33)17-4-2-16(3-5-17)21-15-32-22-9-8-19(14-23(22)36-27(32)30-21)25(34)29-20-10-12-31(13-11-20)26(35)18-6-7-18/h2-5,8-9,14-15,18,20H,6-7,10-13H2,1H3,(H,28,33)(H,29,34). The number of imidazole rings is 1. The van der Waals surface area contributed by atoms with Gasteiger partial charge in [0.25, 0.3) is 11.8 Å². The van der Waals surface area contributed by atoms with E-state index in [1.165, 1.54) is 0 Å². The predicted octanol–water partition coefficient (Wildman–Crippen LogP) is 3.71. The summed E-state index contributed by atoms with van der Waals surface area (Å²) in [5.41, 5.74) is 4.01. The van der Waals surface area contributed by atoms with Gasteiger partial charge in [-0.15, -0.1) is 0 Å². The first-order valence-corrected chi connectivity index (χ1v) is 13.2. The molecule has 0 spiro atoms. The van der Waals surface area contributed by atoms with E-state index in [9.17, 15) is 14.4 Å². The highest BCUT2D eigenvalue weighted by molar-refractivity contribution is 7.23. The Kier molecular flexibility index (Phi) is 5.72. The largest absolute Gasteiger partial charge is 0.355 e. The number of nitrogens with zero attached hydrogens (tertiary/aromatic N) is 3. The van der Waals surface area contributed by atoms with E-state index in [4.69, 9.17) is 4.98 Å². The molecule has 9 heteroatoms. The van der Waals surface area contributed by atoms with E-state index >= 15 is 0 Å². The summed E-state index contributed by atoms with van der Waals surface area (Å²) < 4.78 is 3.03. The molecular weight excluding hydrogens is 474 g/mol. The van der Waals surface area contributed by atoms with E-state index in [1.807, 2.05) is 45.8 Å². The summed E-state index contributed by atoms with van der Waals surface area (Å²) in [6.07, 6.45) is 5.63. The number of hydrogen-bond acceptors (Lipinski definition) is 5. The maximum atomic E-state index is 12.9. The van der Waals surface area contributed by atoms with Crippen LogP contribution in [0.5, 0.6) is 0 Å². The Morgan fingerprint density at radius 2 is 1.67 bits per heavy atom. The zero-order chi connectivity index (χ0) is 24.8. The topological polar surface area (TPSA) is 95.8 Å². The van der Waals surface area contributed by atoms with E-state index in [2.05, 4.69) is 10.6 Å². The monoisotopic (exact) mass is 501 g/mol. The van der Waals surface area contributed by atoms with Crippen molar-refractivity contribution in [3.8, 4) is 11.3 Å². The molecule has 184 valence electrons. The summed E-state index contributed by atoms with van der Waals surface area (Å²) in [6, 6.07) is 13.2. The first kappa shape index (κ1) is 22.7. The number of nitrogens with one attached hydrogen (secondary N) is 2. The van der Waals surface area contributed by atoms with Crippen LogP contribution in [0, 0.1) is 5.92 Å². The molecule has 0 radical (unpaired) electrons. The van der Waals surface area contributed by atoms with Crippen molar-refractivity contribution in [1.29, 1.82) is 0 Å². The fraction of sp³-hybridized carbons (Fsp3) is 0.333. The minimum Gasteiger partial charge on any atom is -0.355 e. The fourth-order valence-electron chi connectivity index (χ4n) is 4.82. The molecule has 8 nitrogen and oxygen atoms in total. The number of hydrogen-bond donors (Lipinski definition) is 2. The number of thiazole rings is 1. The molecule has 2 aliphatic rings. The first-order valence-electron chi connectivity index (χ1n) is 12.3. The van der Waals surface area contributed by atoms with Crippen LogP contribution in [-0.4, -0.2) is 58.2 Å². The van der Waals surface area contributed by atoms with Gasteiger partial charge < -0.3 is 15.5 Å². The third kappa shape index (κ3) is 4.24. The third-order valence-electron chi connectivity index (χ3n) is 7.09. The molecule has 0 bridgehead atoms. The van der Waals surface area contributed by atoms with Gasteiger partial charge >= 0.3 is 0 Å². The second kappa shape index (κ2) is 9.05. The second-order valence-electron chi connectivity index (χ2n) is 9.57. The van der Waals surface area contributed by atoms with Gasteiger partial charge in [0, 0.05) is 55.0 Å². The van der Waals surface area contributed by atoms with Crippen molar-refractivity contribution in [2.75, 3.05) is 20.1 Å². The van der Waals surface area contributed by atoms with Gasteiger partial charge in [-0.25, -0.2) is 4.98 Å². The van der Waals surface area contributed by atoms with E-state index in [0.717, 1.165) is 65.2 Å². The van der Waals surface area contributed by atoms with Crippen LogP contribution >= 0.6 is 11.3 Å². The van der Waals surface area contributed by atoms with Gasteiger partial charge in [0.05, 0.1) is 15.9 Å². The number of benzene rings is 2. The molecule has 1 saturated heterocycles. The number of likely N-dealkylation sites (tertiary alicyclic amines) is 1. The lowest BCUT2D eigenvalue weighted by molar-refractivity contribution is -0.133. The van der Waals surface area contributed by atoms with E-state index < -0.39 is 0 Å². The number of carbonyl (C=O) groups excluding carboxylic acids is 3.